The fourth-order valence-corrected chi connectivity index (χ4v) is 1.84. The van der Waals surface area contributed by atoms with E-state index in [2.05, 4.69) is 15.5 Å². The first-order chi connectivity index (χ1) is 7.68. The third-order valence-corrected chi connectivity index (χ3v) is 2.91. The van der Waals surface area contributed by atoms with Gasteiger partial charge < -0.3 is 5.32 Å². The summed E-state index contributed by atoms with van der Waals surface area (Å²) in [4.78, 5) is 0. The summed E-state index contributed by atoms with van der Waals surface area (Å²) in [5.41, 5.74) is 4.16. The Morgan fingerprint density at radius 1 is 1.31 bits per heavy atom. The molecule has 0 aliphatic rings. The van der Waals surface area contributed by atoms with Gasteiger partial charge in [0.05, 0.1) is 17.1 Å². The van der Waals surface area contributed by atoms with Crippen molar-refractivity contribution in [1.82, 2.24) is 10.2 Å². The Labute approximate surface area is 99.8 Å². The molecular weight excluding hydrogens is 222 g/mol. The number of aromatic amines is 1. The molecule has 2 aromatic rings. The molecule has 1 heterocycles. The van der Waals surface area contributed by atoms with E-state index in [1.165, 1.54) is 0 Å². The predicted octanol–water partition coefficient (Wildman–Crippen LogP) is 3.29. The van der Waals surface area contributed by atoms with Crippen LogP contribution >= 0.6 is 11.6 Å². The molecular formula is C12H14ClN3. The zero-order valence-electron chi connectivity index (χ0n) is 9.34. The minimum absolute atomic E-state index is 0.709. The summed E-state index contributed by atoms with van der Waals surface area (Å²) >= 11 is 6.08. The lowest BCUT2D eigenvalue weighted by atomic mass is 10.2. The quantitative estimate of drug-likeness (QED) is 0.857. The standard InChI is InChI=1S/C12H14ClN3/c1-8-12(9(2)16-15-8)14-7-10-5-3-4-6-11(10)13/h3-6,14H,7H2,1-2H3,(H,15,16). The molecule has 0 radical (unpaired) electrons. The van der Waals surface area contributed by atoms with Crippen LogP contribution in [0.2, 0.25) is 5.02 Å². The van der Waals surface area contributed by atoms with E-state index >= 15 is 0 Å². The molecule has 0 saturated heterocycles. The van der Waals surface area contributed by atoms with Gasteiger partial charge in [-0.05, 0) is 25.5 Å². The van der Waals surface area contributed by atoms with Gasteiger partial charge in [-0.25, -0.2) is 0 Å². The smallest absolute Gasteiger partial charge is 0.0825 e. The van der Waals surface area contributed by atoms with Crippen molar-refractivity contribution >= 4 is 17.3 Å². The molecule has 0 bridgehead atoms. The van der Waals surface area contributed by atoms with Crippen molar-refractivity contribution in [2.75, 3.05) is 5.32 Å². The van der Waals surface area contributed by atoms with Crippen molar-refractivity contribution < 1.29 is 0 Å². The van der Waals surface area contributed by atoms with E-state index in [0.29, 0.717) is 6.54 Å². The van der Waals surface area contributed by atoms with E-state index in [1.807, 2.05) is 38.1 Å². The molecule has 2 N–H and O–H groups in total. The van der Waals surface area contributed by atoms with Crippen molar-refractivity contribution in [3.8, 4) is 0 Å². The largest absolute Gasteiger partial charge is 0.378 e. The highest BCUT2D eigenvalue weighted by Gasteiger charge is 2.06. The molecule has 1 aromatic heterocycles. The highest BCUT2D eigenvalue weighted by molar-refractivity contribution is 6.31. The van der Waals surface area contributed by atoms with Crippen LogP contribution in [0.3, 0.4) is 0 Å². The van der Waals surface area contributed by atoms with Crippen LogP contribution in [0.15, 0.2) is 24.3 Å². The van der Waals surface area contributed by atoms with Crippen LogP contribution in [-0.2, 0) is 6.54 Å². The molecule has 0 saturated carbocycles. The number of anilines is 1. The van der Waals surface area contributed by atoms with Gasteiger partial charge in [0.2, 0.25) is 0 Å². The van der Waals surface area contributed by atoms with Gasteiger partial charge in [0.15, 0.2) is 0 Å². The van der Waals surface area contributed by atoms with Gasteiger partial charge in [0.25, 0.3) is 0 Å². The monoisotopic (exact) mass is 235 g/mol. The Balaban J connectivity index is 2.11. The summed E-state index contributed by atoms with van der Waals surface area (Å²) in [5.74, 6) is 0. The van der Waals surface area contributed by atoms with Crippen LogP contribution in [-0.4, -0.2) is 10.2 Å². The Bertz CT molecular complexity index is 471. The van der Waals surface area contributed by atoms with Gasteiger partial charge in [-0.15, -0.1) is 0 Å². The highest BCUT2D eigenvalue weighted by atomic mass is 35.5. The number of hydrogen-bond acceptors (Lipinski definition) is 2. The van der Waals surface area contributed by atoms with Crippen LogP contribution in [0.1, 0.15) is 17.0 Å². The van der Waals surface area contributed by atoms with E-state index in [1.54, 1.807) is 0 Å². The SMILES string of the molecule is Cc1n[nH]c(C)c1NCc1ccccc1Cl. The number of rotatable bonds is 3. The first-order valence-electron chi connectivity index (χ1n) is 5.17. The van der Waals surface area contributed by atoms with Gasteiger partial charge in [0, 0.05) is 11.6 Å². The van der Waals surface area contributed by atoms with Crippen LogP contribution < -0.4 is 5.32 Å². The number of nitrogens with one attached hydrogen (secondary N) is 2. The molecule has 1 aromatic carbocycles. The number of hydrogen-bond donors (Lipinski definition) is 2. The summed E-state index contributed by atoms with van der Waals surface area (Å²) < 4.78 is 0. The maximum absolute atomic E-state index is 6.08. The fourth-order valence-electron chi connectivity index (χ4n) is 1.64. The number of H-pyrrole nitrogens is 1. The zero-order chi connectivity index (χ0) is 11.5. The van der Waals surface area contributed by atoms with Crippen molar-refractivity contribution in [3.05, 3.63) is 46.2 Å². The zero-order valence-corrected chi connectivity index (χ0v) is 10.1. The van der Waals surface area contributed by atoms with E-state index in [4.69, 9.17) is 11.6 Å². The van der Waals surface area contributed by atoms with Gasteiger partial charge in [0.1, 0.15) is 0 Å². The van der Waals surface area contributed by atoms with Crippen molar-refractivity contribution in [2.45, 2.75) is 20.4 Å². The average Bonchev–Trinajstić information content (AvgIpc) is 2.58. The minimum atomic E-state index is 0.709. The topological polar surface area (TPSA) is 40.7 Å². The molecule has 0 spiro atoms. The lowest BCUT2D eigenvalue weighted by molar-refractivity contribution is 1.02. The second-order valence-corrected chi connectivity index (χ2v) is 4.16. The minimum Gasteiger partial charge on any atom is -0.378 e. The maximum Gasteiger partial charge on any atom is 0.0825 e. The predicted molar refractivity (Wildman–Crippen MR) is 66.8 cm³/mol. The van der Waals surface area contributed by atoms with Crippen LogP contribution in [0, 0.1) is 13.8 Å². The van der Waals surface area contributed by atoms with E-state index < -0.39 is 0 Å². The van der Waals surface area contributed by atoms with E-state index in [9.17, 15) is 0 Å². The van der Waals surface area contributed by atoms with E-state index in [0.717, 1.165) is 27.7 Å². The summed E-state index contributed by atoms with van der Waals surface area (Å²) in [6.07, 6.45) is 0. The molecule has 84 valence electrons. The van der Waals surface area contributed by atoms with E-state index in [-0.39, 0.29) is 0 Å². The van der Waals surface area contributed by atoms with Gasteiger partial charge in [-0.1, -0.05) is 29.8 Å². The molecule has 0 unspecified atom stereocenters. The molecule has 16 heavy (non-hydrogen) atoms. The molecule has 3 nitrogen and oxygen atoms in total. The van der Waals surface area contributed by atoms with Gasteiger partial charge in [-0.3, -0.25) is 5.10 Å². The second kappa shape index (κ2) is 4.58. The van der Waals surface area contributed by atoms with Crippen LogP contribution in [0.5, 0.6) is 0 Å². The van der Waals surface area contributed by atoms with Gasteiger partial charge in [-0.2, -0.15) is 5.10 Å². The van der Waals surface area contributed by atoms with Crippen molar-refractivity contribution in [2.24, 2.45) is 0 Å². The fraction of sp³-hybridized carbons (Fsp3) is 0.250. The highest BCUT2D eigenvalue weighted by Crippen LogP contribution is 2.20. The number of aryl methyl sites for hydroxylation is 2. The summed E-state index contributed by atoms with van der Waals surface area (Å²) in [6.45, 7) is 4.67. The maximum atomic E-state index is 6.08. The average molecular weight is 236 g/mol. The molecule has 2 rings (SSSR count). The molecule has 0 aliphatic carbocycles. The number of nitrogens with zero attached hydrogens (tertiary/aromatic N) is 1. The first-order valence-corrected chi connectivity index (χ1v) is 5.55. The first kappa shape index (κ1) is 11.0. The molecule has 0 amide bonds. The molecule has 0 fully saturated rings. The Hall–Kier alpha value is -1.48. The molecule has 0 aliphatic heterocycles. The summed E-state index contributed by atoms with van der Waals surface area (Å²) in [6, 6.07) is 7.83. The molecule has 0 atom stereocenters. The lowest BCUT2D eigenvalue weighted by Crippen LogP contribution is -2.01. The van der Waals surface area contributed by atoms with Crippen molar-refractivity contribution in [3.63, 3.8) is 0 Å². The Morgan fingerprint density at radius 2 is 2.06 bits per heavy atom. The Morgan fingerprint density at radius 3 is 2.69 bits per heavy atom. The van der Waals surface area contributed by atoms with Crippen LogP contribution in [0.4, 0.5) is 5.69 Å². The van der Waals surface area contributed by atoms with Crippen molar-refractivity contribution in [1.29, 1.82) is 0 Å². The second-order valence-electron chi connectivity index (χ2n) is 3.75. The van der Waals surface area contributed by atoms with Gasteiger partial charge >= 0.3 is 0 Å². The molecule has 4 heteroatoms. The number of benzene rings is 1. The normalized spacial score (nSPS) is 10.4. The number of halogens is 1. The third kappa shape index (κ3) is 2.19. The Kier molecular flexibility index (Phi) is 3.15. The lowest BCUT2D eigenvalue weighted by Gasteiger charge is -2.07. The summed E-state index contributed by atoms with van der Waals surface area (Å²) in [5, 5.41) is 11.2. The number of aromatic nitrogens is 2. The summed E-state index contributed by atoms with van der Waals surface area (Å²) in [7, 11) is 0. The third-order valence-electron chi connectivity index (χ3n) is 2.54. The van der Waals surface area contributed by atoms with Crippen LogP contribution in [0.25, 0.3) is 0 Å².